The highest BCUT2D eigenvalue weighted by atomic mass is 32.2. The Morgan fingerprint density at radius 1 is 1.00 bits per heavy atom. The summed E-state index contributed by atoms with van der Waals surface area (Å²) in [5.74, 6) is -4.10. The Kier molecular flexibility index (Phi) is 11.0. The van der Waals surface area contributed by atoms with Crippen LogP contribution in [-0.2, 0) is 24.0 Å². The molecular weight excluding hydrogens is 356 g/mol. The van der Waals surface area contributed by atoms with Crippen molar-refractivity contribution < 1.29 is 34.2 Å². The Bertz CT molecular complexity index is 515. The Balaban J connectivity index is 4.59. The second-order valence-electron chi connectivity index (χ2n) is 4.94. The Hall–Kier alpha value is -2.34. The zero-order valence-electron chi connectivity index (χ0n) is 13.6. The second-order valence-corrected chi connectivity index (χ2v) is 5.92. The Labute approximate surface area is 148 Å². The molecule has 0 aliphatic heterocycles. The number of carboxylic acids is 2. The molecule has 7 N–H and O–H groups in total. The number of carboxylic acid groups (broad SMARTS) is 2. The number of aliphatic carboxylic acids is 2. The van der Waals surface area contributed by atoms with Gasteiger partial charge in [0.25, 0.3) is 0 Å². The van der Waals surface area contributed by atoms with Gasteiger partial charge in [0.05, 0.1) is 19.0 Å². The lowest BCUT2D eigenvalue weighted by atomic mass is 10.1. The Morgan fingerprint density at radius 3 is 2.16 bits per heavy atom. The van der Waals surface area contributed by atoms with E-state index in [4.69, 9.17) is 15.9 Å². The molecule has 0 fully saturated rings. The first-order valence-corrected chi connectivity index (χ1v) is 8.59. The molecule has 0 radical (unpaired) electrons. The summed E-state index contributed by atoms with van der Waals surface area (Å²) in [5.41, 5.74) is 5.44. The van der Waals surface area contributed by atoms with Crippen LogP contribution < -0.4 is 21.7 Å². The number of hydrogen-bond donors (Lipinski definition) is 6. The van der Waals surface area contributed by atoms with Crippen molar-refractivity contribution in [2.24, 2.45) is 5.73 Å². The van der Waals surface area contributed by atoms with Crippen LogP contribution in [0, 0.1) is 0 Å². The van der Waals surface area contributed by atoms with Crippen LogP contribution in [0.1, 0.15) is 12.8 Å². The molecule has 25 heavy (non-hydrogen) atoms. The zero-order valence-corrected chi connectivity index (χ0v) is 14.4. The quantitative estimate of drug-likeness (QED) is 0.211. The summed E-state index contributed by atoms with van der Waals surface area (Å²) in [7, 11) is 0. The van der Waals surface area contributed by atoms with Crippen molar-refractivity contribution >= 4 is 41.4 Å². The summed E-state index contributed by atoms with van der Waals surface area (Å²) in [6.07, 6.45) is 1.46. The van der Waals surface area contributed by atoms with Crippen molar-refractivity contribution in [1.82, 2.24) is 16.0 Å². The maximum atomic E-state index is 12.1. The lowest BCUT2D eigenvalue weighted by Crippen LogP contribution is -2.53. The van der Waals surface area contributed by atoms with Crippen molar-refractivity contribution in [2.45, 2.75) is 24.9 Å². The number of carbonyl (C=O) groups is 5. The summed E-state index contributed by atoms with van der Waals surface area (Å²) in [4.78, 5) is 56.2. The molecule has 3 amide bonds. The first-order chi connectivity index (χ1) is 11.7. The largest absolute Gasteiger partial charge is 0.481 e. The van der Waals surface area contributed by atoms with Crippen molar-refractivity contribution in [1.29, 1.82) is 0 Å². The number of nitrogens with two attached hydrogens (primary N) is 1. The maximum absolute atomic E-state index is 12.1. The van der Waals surface area contributed by atoms with E-state index in [1.54, 1.807) is 6.26 Å². The van der Waals surface area contributed by atoms with Gasteiger partial charge >= 0.3 is 11.9 Å². The van der Waals surface area contributed by atoms with E-state index in [1.165, 1.54) is 11.8 Å². The normalized spacial score (nSPS) is 12.6. The molecule has 2 atom stereocenters. The second kappa shape index (κ2) is 12.1. The monoisotopic (exact) mass is 378 g/mol. The molecule has 12 heteroatoms. The minimum Gasteiger partial charge on any atom is -0.481 e. The predicted molar refractivity (Wildman–Crippen MR) is 88.8 cm³/mol. The summed E-state index contributed by atoms with van der Waals surface area (Å²) >= 11 is 1.43. The molecule has 0 spiro atoms. The number of amides is 3. The van der Waals surface area contributed by atoms with E-state index < -0.39 is 61.3 Å². The van der Waals surface area contributed by atoms with Crippen LogP contribution in [0.25, 0.3) is 0 Å². The molecule has 0 aromatic carbocycles. The number of thioether (sulfide) groups is 1. The molecule has 0 bridgehead atoms. The van der Waals surface area contributed by atoms with Gasteiger partial charge in [-0.25, -0.2) is 0 Å². The third-order valence-corrected chi connectivity index (χ3v) is 3.48. The van der Waals surface area contributed by atoms with E-state index in [1.807, 2.05) is 0 Å². The van der Waals surface area contributed by atoms with Gasteiger partial charge < -0.3 is 31.9 Å². The topological polar surface area (TPSA) is 188 Å². The molecule has 142 valence electrons. The molecule has 0 aliphatic carbocycles. The van der Waals surface area contributed by atoms with Crippen LogP contribution in [0.5, 0.6) is 0 Å². The molecule has 0 rings (SSSR count). The molecule has 2 unspecified atom stereocenters. The van der Waals surface area contributed by atoms with Gasteiger partial charge in [-0.2, -0.15) is 11.8 Å². The fourth-order valence-corrected chi connectivity index (χ4v) is 2.06. The van der Waals surface area contributed by atoms with Crippen molar-refractivity contribution in [3.63, 3.8) is 0 Å². The average molecular weight is 378 g/mol. The van der Waals surface area contributed by atoms with E-state index in [-0.39, 0.29) is 6.42 Å². The van der Waals surface area contributed by atoms with Gasteiger partial charge in [-0.3, -0.25) is 24.0 Å². The molecule has 0 aromatic rings. The minimum atomic E-state index is -1.30. The highest BCUT2D eigenvalue weighted by molar-refractivity contribution is 7.98. The van der Waals surface area contributed by atoms with E-state index in [2.05, 4.69) is 16.0 Å². The fourth-order valence-electron chi connectivity index (χ4n) is 1.59. The van der Waals surface area contributed by atoms with Crippen LogP contribution in [0.4, 0.5) is 0 Å². The smallest absolute Gasteiger partial charge is 0.322 e. The highest BCUT2D eigenvalue weighted by Crippen LogP contribution is 2.02. The van der Waals surface area contributed by atoms with E-state index in [0.717, 1.165) is 0 Å². The van der Waals surface area contributed by atoms with Crippen LogP contribution in [0.3, 0.4) is 0 Å². The lowest BCUT2D eigenvalue weighted by molar-refractivity contribution is -0.139. The third-order valence-electron chi connectivity index (χ3n) is 2.83. The lowest BCUT2D eigenvalue weighted by Gasteiger charge is -2.20. The van der Waals surface area contributed by atoms with Gasteiger partial charge in [0.1, 0.15) is 12.6 Å². The molecule has 0 saturated carbocycles. The number of hydrogen-bond acceptors (Lipinski definition) is 7. The van der Waals surface area contributed by atoms with Crippen LogP contribution >= 0.6 is 11.8 Å². The van der Waals surface area contributed by atoms with E-state index >= 15 is 0 Å². The Morgan fingerprint density at radius 2 is 1.64 bits per heavy atom. The van der Waals surface area contributed by atoms with Gasteiger partial charge in [0, 0.05) is 0 Å². The van der Waals surface area contributed by atoms with E-state index in [0.29, 0.717) is 5.75 Å². The number of nitrogens with one attached hydrogen (secondary N) is 3. The predicted octanol–water partition coefficient (Wildman–Crippen LogP) is -2.66. The zero-order chi connectivity index (χ0) is 19.4. The van der Waals surface area contributed by atoms with E-state index in [9.17, 15) is 24.0 Å². The molecule has 0 saturated heterocycles. The fraction of sp³-hybridized carbons (Fsp3) is 0.615. The first kappa shape index (κ1) is 22.7. The van der Waals surface area contributed by atoms with Crippen molar-refractivity contribution in [3.05, 3.63) is 0 Å². The number of carbonyl (C=O) groups excluding carboxylic acids is 3. The molecule has 0 heterocycles. The first-order valence-electron chi connectivity index (χ1n) is 7.20. The standard InChI is InChI=1S/C13H22N4O7S/c1-25-3-2-8(17-12(23)7(14)4-10(19)20)13(24)16-5-9(18)15-6-11(21)22/h7-8H,2-6,14H2,1H3,(H,15,18)(H,16,24)(H,17,23)(H,19,20)(H,21,22). The minimum absolute atomic E-state index is 0.245. The summed E-state index contributed by atoms with van der Waals surface area (Å²) in [6.45, 7) is -1.04. The highest BCUT2D eigenvalue weighted by Gasteiger charge is 2.25. The van der Waals surface area contributed by atoms with Gasteiger partial charge in [-0.15, -0.1) is 0 Å². The van der Waals surface area contributed by atoms with Gasteiger partial charge in [-0.05, 0) is 18.4 Å². The van der Waals surface area contributed by atoms with Gasteiger partial charge in [0.2, 0.25) is 17.7 Å². The van der Waals surface area contributed by atoms with Crippen LogP contribution in [0.2, 0.25) is 0 Å². The summed E-state index contributed by atoms with van der Waals surface area (Å²) < 4.78 is 0. The SMILES string of the molecule is CSCCC(NC(=O)C(N)CC(=O)O)C(=O)NCC(=O)NCC(=O)O. The van der Waals surface area contributed by atoms with Crippen LogP contribution in [-0.4, -0.2) is 77.1 Å². The van der Waals surface area contributed by atoms with Gasteiger partial charge in [-0.1, -0.05) is 0 Å². The molecular formula is C13H22N4O7S. The third kappa shape index (κ3) is 10.9. The summed E-state index contributed by atoms with van der Waals surface area (Å²) in [5, 5.41) is 23.8. The van der Waals surface area contributed by atoms with Crippen LogP contribution in [0.15, 0.2) is 0 Å². The average Bonchev–Trinajstić information content (AvgIpc) is 2.53. The molecule has 11 nitrogen and oxygen atoms in total. The summed E-state index contributed by atoms with van der Waals surface area (Å²) in [6, 6.07) is -2.30. The molecule has 0 aromatic heterocycles. The number of rotatable bonds is 12. The maximum Gasteiger partial charge on any atom is 0.322 e. The molecule has 0 aliphatic rings. The van der Waals surface area contributed by atoms with Crippen molar-refractivity contribution in [2.75, 3.05) is 25.1 Å². The van der Waals surface area contributed by atoms with Crippen molar-refractivity contribution in [3.8, 4) is 0 Å². The van der Waals surface area contributed by atoms with Gasteiger partial charge in [0.15, 0.2) is 0 Å².